The van der Waals surface area contributed by atoms with E-state index in [2.05, 4.69) is 10.6 Å². The molecule has 1 aliphatic carbocycles. The van der Waals surface area contributed by atoms with Gasteiger partial charge in [0.15, 0.2) is 0 Å². The van der Waals surface area contributed by atoms with Gasteiger partial charge in [-0.05, 0) is 31.0 Å². The maximum Gasteiger partial charge on any atom is 0.316 e. The number of carbonyl (C=O) groups excluding carboxylic acids is 2. The highest BCUT2D eigenvalue weighted by molar-refractivity contribution is 5.94. The van der Waals surface area contributed by atoms with Gasteiger partial charge >= 0.3 is 6.03 Å². The minimum atomic E-state index is -0.636. The number of anilines is 2. The van der Waals surface area contributed by atoms with Crippen LogP contribution in [-0.2, 0) is 4.79 Å². The summed E-state index contributed by atoms with van der Waals surface area (Å²) < 4.78 is 0. The Kier molecular flexibility index (Phi) is 4.57. The first-order valence-electron chi connectivity index (χ1n) is 6.79. The average molecular weight is 276 g/mol. The van der Waals surface area contributed by atoms with Gasteiger partial charge in [0, 0.05) is 17.4 Å². The van der Waals surface area contributed by atoms with Crippen molar-refractivity contribution in [1.82, 2.24) is 0 Å². The van der Waals surface area contributed by atoms with Gasteiger partial charge in [0.05, 0.1) is 5.92 Å². The van der Waals surface area contributed by atoms with Crippen LogP contribution in [0.5, 0.6) is 0 Å². The van der Waals surface area contributed by atoms with Crippen molar-refractivity contribution in [3.05, 3.63) is 24.3 Å². The number of rotatable bonds is 3. The summed E-state index contributed by atoms with van der Waals surface area (Å²) in [5.74, 6) is -0.204. The summed E-state index contributed by atoms with van der Waals surface area (Å²) in [4.78, 5) is 23.0. The van der Waals surface area contributed by atoms with Gasteiger partial charge in [-0.3, -0.25) is 4.79 Å². The summed E-state index contributed by atoms with van der Waals surface area (Å²) in [6, 6.07) is 6.16. The Hall–Kier alpha value is -2.08. The number of nitrogens with two attached hydrogens (primary N) is 2. The van der Waals surface area contributed by atoms with Crippen LogP contribution < -0.4 is 22.1 Å². The number of carbonyl (C=O) groups is 2. The zero-order valence-corrected chi connectivity index (χ0v) is 11.3. The van der Waals surface area contributed by atoms with E-state index in [1.54, 1.807) is 24.3 Å². The molecule has 2 unspecified atom stereocenters. The van der Waals surface area contributed by atoms with Crippen molar-refractivity contribution in [3.63, 3.8) is 0 Å². The van der Waals surface area contributed by atoms with E-state index in [1.165, 1.54) is 0 Å². The quantitative estimate of drug-likeness (QED) is 0.673. The molecule has 2 atom stereocenters. The summed E-state index contributed by atoms with van der Waals surface area (Å²) in [7, 11) is 0. The lowest BCUT2D eigenvalue weighted by atomic mass is 9.84. The second kappa shape index (κ2) is 6.38. The molecule has 108 valence electrons. The first kappa shape index (κ1) is 14.3. The summed E-state index contributed by atoms with van der Waals surface area (Å²) in [6.45, 7) is 0. The van der Waals surface area contributed by atoms with Crippen molar-refractivity contribution in [2.45, 2.75) is 31.7 Å². The Morgan fingerprint density at radius 1 is 1.10 bits per heavy atom. The smallest absolute Gasteiger partial charge is 0.316 e. The lowest BCUT2D eigenvalue weighted by molar-refractivity contribution is -0.121. The molecule has 6 N–H and O–H groups in total. The van der Waals surface area contributed by atoms with Crippen molar-refractivity contribution in [2.24, 2.45) is 17.4 Å². The first-order valence-corrected chi connectivity index (χ1v) is 6.79. The van der Waals surface area contributed by atoms with Crippen LogP contribution in [0.15, 0.2) is 24.3 Å². The minimum Gasteiger partial charge on any atom is -0.351 e. The predicted octanol–water partition coefficient (Wildman–Crippen LogP) is 1.63. The van der Waals surface area contributed by atoms with Gasteiger partial charge in [0.25, 0.3) is 0 Å². The monoisotopic (exact) mass is 276 g/mol. The molecule has 1 aliphatic rings. The number of primary amides is 1. The summed E-state index contributed by atoms with van der Waals surface area (Å²) >= 11 is 0. The zero-order chi connectivity index (χ0) is 14.5. The summed E-state index contributed by atoms with van der Waals surface area (Å²) in [6.07, 6.45) is 3.84. The molecule has 0 bridgehead atoms. The van der Waals surface area contributed by atoms with E-state index in [9.17, 15) is 9.59 Å². The Morgan fingerprint density at radius 2 is 1.75 bits per heavy atom. The minimum absolute atomic E-state index is 0.0616. The molecule has 3 amide bonds. The number of urea groups is 1. The Balaban J connectivity index is 2.01. The molecule has 0 aliphatic heterocycles. The Bertz CT molecular complexity index is 504. The van der Waals surface area contributed by atoms with Gasteiger partial charge in [-0.25, -0.2) is 4.79 Å². The van der Waals surface area contributed by atoms with E-state index < -0.39 is 6.03 Å². The number of hydrogen-bond donors (Lipinski definition) is 4. The van der Waals surface area contributed by atoms with Gasteiger partial charge in [-0.15, -0.1) is 0 Å². The molecule has 0 radical (unpaired) electrons. The van der Waals surface area contributed by atoms with Crippen LogP contribution in [0.2, 0.25) is 0 Å². The lowest BCUT2D eigenvalue weighted by Crippen LogP contribution is -2.40. The fourth-order valence-corrected chi connectivity index (χ4v) is 2.54. The van der Waals surface area contributed by atoms with Gasteiger partial charge in [-0.1, -0.05) is 18.9 Å². The highest BCUT2D eigenvalue weighted by atomic mass is 16.2. The molecule has 0 heterocycles. The van der Waals surface area contributed by atoms with Gasteiger partial charge in [0.1, 0.15) is 0 Å². The largest absolute Gasteiger partial charge is 0.351 e. The third-order valence-electron chi connectivity index (χ3n) is 3.55. The molecule has 6 heteroatoms. The summed E-state index contributed by atoms with van der Waals surface area (Å²) in [5.41, 5.74) is 12.2. The second-order valence-corrected chi connectivity index (χ2v) is 5.11. The molecule has 2 rings (SSSR count). The highest BCUT2D eigenvalue weighted by Crippen LogP contribution is 2.25. The summed E-state index contributed by atoms with van der Waals surface area (Å²) in [5, 5.41) is 5.31. The van der Waals surface area contributed by atoms with Crippen LogP contribution >= 0.6 is 0 Å². The third-order valence-corrected chi connectivity index (χ3v) is 3.55. The normalized spacial score (nSPS) is 22.1. The maximum atomic E-state index is 12.2. The highest BCUT2D eigenvalue weighted by Gasteiger charge is 2.28. The van der Waals surface area contributed by atoms with Crippen LogP contribution in [0.25, 0.3) is 0 Å². The fraction of sp³-hybridized carbons (Fsp3) is 0.429. The van der Waals surface area contributed by atoms with Crippen LogP contribution in [-0.4, -0.2) is 18.0 Å². The average Bonchev–Trinajstić information content (AvgIpc) is 2.38. The molecule has 1 saturated carbocycles. The number of hydrogen-bond acceptors (Lipinski definition) is 3. The van der Waals surface area contributed by atoms with Gasteiger partial charge in [-0.2, -0.15) is 0 Å². The molecule has 6 nitrogen and oxygen atoms in total. The number of nitrogens with one attached hydrogen (secondary N) is 2. The molecule has 0 aromatic heterocycles. The van der Waals surface area contributed by atoms with Crippen LogP contribution in [0.1, 0.15) is 25.7 Å². The fourth-order valence-electron chi connectivity index (χ4n) is 2.54. The van der Waals surface area contributed by atoms with E-state index in [1.807, 2.05) is 0 Å². The molecular weight excluding hydrogens is 256 g/mol. The molecule has 0 spiro atoms. The van der Waals surface area contributed by atoms with Crippen molar-refractivity contribution in [1.29, 1.82) is 0 Å². The first-order chi connectivity index (χ1) is 9.56. The SMILES string of the molecule is NC(=O)Nc1cccc(NC(=O)C2CCCCC2N)c1. The van der Waals surface area contributed by atoms with Crippen molar-refractivity contribution in [3.8, 4) is 0 Å². The molecule has 1 aromatic rings. The molecule has 1 fully saturated rings. The van der Waals surface area contributed by atoms with E-state index in [0.29, 0.717) is 11.4 Å². The van der Waals surface area contributed by atoms with E-state index in [4.69, 9.17) is 11.5 Å². The van der Waals surface area contributed by atoms with Gasteiger partial charge < -0.3 is 22.1 Å². The van der Waals surface area contributed by atoms with Crippen LogP contribution in [0.3, 0.4) is 0 Å². The van der Waals surface area contributed by atoms with Gasteiger partial charge in [0.2, 0.25) is 5.91 Å². The van der Waals surface area contributed by atoms with Crippen molar-refractivity contribution >= 4 is 23.3 Å². The van der Waals surface area contributed by atoms with Crippen LogP contribution in [0.4, 0.5) is 16.2 Å². The maximum absolute atomic E-state index is 12.2. The molecule has 20 heavy (non-hydrogen) atoms. The second-order valence-electron chi connectivity index (χ2n) is 5.11. The van der Waals surface area contributed by atoms with Crippen molar-refractivity contribution in [2.75, 3.05) is 10.6 Å². The Morgan fingerprint density at radius 3 is 2.40 bits per heavy atom. The number of benzene rings is 1. The zero-order valence-electron chi connectivity index (χ0n) is 11.3. The van der Waals surface area contributed by atoms with Crippen molar-refractivity contribution < 1.29 is 9.59 Å². The topological polar surface area (TPSA) is 110 Å². The lowest BCUT2D eigenvalue weighted by Gasteiger charge is -2.27. The van der Waals surface area contributed by atoms with E-state index >= 15 is 0 Å². The third kappa shape index (κ3) is 3.71. The molecule has 0 saturated heterocycles. The molecular formula is C14H20N4O2. The van der Waals surface area contributed by atoms with E-state index in [-0.39, 0.29) is 17.9 Å². The Labute approximate surface area is 117 Å². The molecule has 1 aromatic carbocycles. The van der Waals surface area contributed by atoms with E-state index in [0.717, 1.165) is 25.7 Å². The van der Waals surface area contributed by atoms with Crippen LogP contribution in [0, 0.1) is 5.92 Å². The predicted molar refractivity (Wildman–Crippen MR) is 78.2 cm³/mol. The number of amides is 3. The standard InChI is InChI=1S/C14H20N4O2/c15-12-7-2-1-6-11(12)13(19)17-9-4-3-5-10(8-9)18-14(16)20/h3-5,8,11-12H,1-2,6-7,15H2,(H,17,19)(H3,16,18,20).